The summed E-state index contributed by atoms with van der Waals surface area (Å²) >= 11 is 0. The van der Waals surface area contributed by atoms with Crippen molar-refractivity contribution in [2.75, 3.05) is 19.6 Å². The Morgan fingerprint density at radius 3 is 2.52 bits per heavy atom. The van der Waals surface area contributed by atoms with Gasteiger partial charge in [-0.3, -0.25) is 9.88 Å². The Hall–Kier alpha value is -0.930. The molecule has 1 saturated carbocycles. The summed E-state index contributed by atoms with van der Waals surface area (Å²) in [7, 11) is 0. The van der Waals surface area contributed by atoms with Crippen molar-refractivity contribution in [2.45, 2.75) is 59.0 Å². The van der Waals surface area contributed by atoms with Gasteiger partial charge in [0.2, 0.25) is 0 Å². The van der Waals surface area contributed by atoms with Crippen LogP contribution in [0.4, 0.5) is 0 Å². The second-order valence-corrected chi connectivity index (χ2v) is 6.49. The van der Waals surface area contributed by atoms with Crippen LogP contribution >= 0.6 is 0 Å². The van der Waals surface area contributed by atoms with Crippen molar-refractivity contribution in [2.24, 2.45) is 5.41 Å². The van der Waals surface area contributed by atoms with Gasteiger partial charge in [-0.25, -0.2) is 0 Å². The minimum Gasteiger partial charge on any atom is -0.313 e. The molecular weight excluding hydrogens is 258 g/mol. The predicted molar refractivity (Wildman–Crippen MR) is 89.2 cm³/mol. The normalized spacial score (nSPS) is 15.6. The minimum absolute atomic E-state index is 0.396. The summed E-state index contributed by atoms with van der Waals surface area (Å²) in [5, 5.41) is 3.75. The largest absolute Gasteiger partial charge is 0.313 e. The van der Waals surface area contributed by atoms with Gasteiger partial charge in [-0.05, 0) is 49.8 Å². The monoisotopic (exact) mass is 289 g/mol. The molecule has 1 fully saturated rings. The summed E-state index contributed by atoms with van der Waals surface area (Å²) in [6.45, 7) is 11.3. The third-order valence-corrected chi connectivity index (χ3v) is 4.96. The minimum atomic E-state index is 0.396. The molecule has 1 aromatic rings. The Bertz CT molecular complexity index is 396. The first-order valence-corrected chi connectivity index (χ1v) is 8.57. The predicted octanol–water partition coefficient (Wildman–Crippen LogP) is 3.46. The molecule has 0 bridgehead atoms. The van der Waals surface area contributed by atoms with Crippen LogP contribution in [-0.4, -0.2) is 35.6 Å². The van der Waals surface area contributed by atoms with E-state index in [4.69, 9.17) is 0 Å². The molecule has 0 unspecified atom stereocenters. The van der Waals surface area contributed by atoms with Crippen LogP contribution in [0.3, 0.4) is 0 Å². The number of pyridine rings is 1. The fraction of sp³-hybridized carbons (Fsp3) is 0.722. The standard InChI is InChI=1S/C18H31N3/c1-4-18(5-2,14-20-16-10-11-16)15-21(6-3)13-17-9-7-8-12-19-17/h7-9,12,16,20H,4-6,10-11,13-15H2,1-3H3. The Kier molecular flexibility index (Phi) is 6.19. The van der Waals surface area contributed by atoms with E-state index < -0.39 is 0 Å². The zero-order valence-electron chi connectivity index (χ0n) is 13.9. The molecule has 1 aromatic heterocycles. The summed E-state index contributed by atoms with van der Waals surface area (Å²) in [5.41, 5.74) is 1.57. The van der Waals surface area contributed by atoms with Gasteiger partial charge in [0.1, 0.15) is 0 Å². The number of nitrogens with zero attached hydrogens (tertiary/aromatic N) is 2. The number of hydrogen-bond donors (Lipinski definition) is 1. The third kappa shape index (κ3) is 5.08. The summed E-state index contributed by atoms with van der Waals surface area (Å²) < 4.78 is 0. The van der Waals surface area contributed by atoms with Crippen molar-refractivity contribution in [3.05, 3.63) is 30.1 Å². The van der Waals surface area contributed by atoms with Gasteiger partial charge in [0, 0.05) is 31.9 Å². The molecule has 0 aliphatic heterocycles. The molecular formula is C18H31N3. The zero-order valence-corrected chi connectivity index (χ0v) is 13.9. The number of aromatic nitrogens is 1. The molecule has 0 amide bonds. The molecule has 0 spiro atoms. The van der Waals surface area contributed by atoms with E-state index in [0.717, 1.165) is 32.2 Å². The molecule has 1 N–H and O–H groups in total. The quantitative estimate of drug-likeness (QED) is 0.715. The van der Waals surface area contributed by atoms with Crippen LogP contribution in [0.2, 0.25) is 0 Å². The maximum Gasteiger partial charge on any atom is 0.0543 e. The van der Waals surface area contributed by atoms with Crippen LogP contribution in [0.1, 0.15) is 52.1 Å². The highest BCUT2D eigenvalue weighted by molar-refractivity contribution is 5.03. The van der Waals surface area contributed by atoms with Crippen LogP contribution in [0, 0.1) is 5.41 Å². The third-order valence-electron chi connectivity index (χ3n) is 4.96. The first kappa shape index (κ1) is 16.4. The fourth-order valence-electron chi connectivity index (χ4n) is 2.90. The van der Waals surface area contributed by atoms with E-state index in [-0.39, 0.29) is 0 Å². The summed E-state index contributed by atoms with van der Waals surface area (Å²) in [5.74, 6) is 0. The van der Waals surface area contributed by atoms with Crippen molar-refractivity contribution >= 4 is 0 Å². The SMILES string of the molecule is CCN(Cc1ccccn1)CC(CC)(CC)CNC1CC1. The van der Waals surface area contributed by atoms with Crippen LogP contribution in [0.5, 0.6) is 0 Å². The summed E-state index contributed by atoms with van der Waals surface area (Å²) in [6.07, 6.45) is 7.11. The van der Waals surface area contributed by atoms with Gasteiger partial charge in [0.25, 0.3) is 0 Å². The van der Waals surface area contributed by atoms with Crippen molar-refractivity contribution in [1.29, 1.82) is 0 Å². The van der Waals surface area contributed by atoms with E-state index in [1.807, 2.05) is 12.3 Å². The molecule has 0 aromatic carbocycles. The van der Waals surface area contributed by atoms with E-state index in [2.05, 4.69) is 48.1 Å². The molecule has 1 aliphatic carbocycles. The first-order chi connectivity index (χ1) is 10.2. The summed E-state index contributed by atoms with van der Waals surface area (Å²) in [4.78, 5) is 7.02. The highest BCUT2D eigenvalue weighted by Gasteiger charge is 2.31. The lowest BCUT2D eigenvalue weighted by Gasteiger charge is -2.37. The van der Waals surface area contributed by atoms with Gasteiger partial charge in [-0.1, -0.05) is 26.8 Å². The van der Waals surface area contributed by atoms with Gasteiger partial charge >= 0.3 is 0 Å². The van der Waals surface area contributed by atoms with Gasteiger partial charge in [-0.15, -0.1) is 0 Å². The van der Waals surface area contributed by atoms with E-state index in [1.165, 1.54) is 31.4 Å². The number of nitrogens with one attached hydrogen (secondary N) is 1. The average molecular weight is 289 g/mol. The van der Waals surface area contributed by atoms with E-state index >= 15 is 0 Å². The van der Waals surface area contributed by atoms with Crippen LogP contribution in [0.15, 0.2) is 24.4 Å². The second-order valence-electron chi connectivity index (χ2n) is 6.49. The van der Waals surface area contributed by atoms with Crippen molar-refractivity contribution in [3.63, 3.8) is 0 Å². The molecule has 0 radical (unpaired) electrons. The van der Waals surface area contributed by atoms with Gasteiger partial charge in [0.05, 0.1) is 5.69 Å². The molecule has 118 valence electrons. The van der Waals surface area contributed by atoms with E-state index in [1.54, 1.807) is 0 Å². The average Bonchev–Trinajstić information content (AvgIpc) is 3.36. The van der Waals surface area contributed by atoms with Gasteiger partial charge in [0.15, 0.2) is 0 Å². The van der Waals surface area contributed by atoms with E-state index in [9.17, 15) is 0 Å². The van der Waals surface area contributed by atoms with Crippen molar-refractivity contribution < 1.29 is 0 Å². The molecule has 3 nitrogen and oxygen atoms in total. The molecule has 1 aliphatic rings. The topological polar surface area (TPSA) is 28.2 Å². The lowest BCUT2D eigenvalue weighted by Crippen LogP contribution is -2.44. The highest BCUT2D eigenvalue weighted by atomic mass is 15.1. The van der Waals surface area contributed by atoms with Gasteiger partial charge < -0.3 is 5.32 Å². The lowest BCUT2D eigenvalue weighted by molar-refractivity contribution is 0.132. The Labute approximate surface area is 130 Å². The molecule has 3 heteroatoms. The van der Waals surface area contributed by atoms with E-state index in [0.29, 0.717) is 5.41 Å². The maximum atomic E-state index is 4.48. The Morgan fingerprint density at radius 2 is 2.00 bits per heavy atom. The second kappa shape index (κ2) is 7.90. The molecule has 21 heavy (non-hydrogen) atoms. The maximum absolute atomic E-state index is 4.48. The van der Waals surface area contributed by atoms with Gasteiger partial charge in [-0.2, -0.15) is 0 Å². The smallest absolute Gasteiger partial charge is 0.0543 e. The molecule has 2 rings (SSSR count). The molecule has 1 heterocycles. The van der Waals surface area contributed by atoms with Crippen LogP contribution in [-0.2, 0) is 6.54 Å². The van der Waals surface area contributed by atoms with Crippen molar-refractivity contribution in [1.82, 2.24) is 15.2 Å². The summed E-state index contributed by atoms with van der Waals surface area (Å²) in [6, 6.07) is 7.00. The molecule has 0 saturated heterocycles. The Morgan fingerprint density at radius 1 is 1.24 bits per heavy atom. The first-order valence-electron chi connectivity index (χ1n) is 8.57. The van der Waals surface area contributed by atoms with Crippen LogP contribution < -0.4 is 5.32 Å². The number of rotatable bonds is 10. The van der Waals surface area contributed by atoms with Crippen LogP contribution in [0.25, 0.3) is 0 Å². The van der Waals surface area contributed by atoms with Crippen molar-refractivity contribution in [3.8, 4) is 0 Å². The lowest BCUT2D eigenvalue weighted by atomic mass is 9.81. The zero-order chi connectivity index (χ0) is 15.1. The Balaban J connectivity index is 1.94. The number of hydrogen-bond acceptors (Lipinski definition) is 3. The highest BCUT2D eigenvalue weighted by Crippen LogP contribution is 2.29. The fourth-order valence-corrected chi connectivity index (χ4v) is 2.90. The molecule has 0 atom stereocenters.